The molecule has 1 fully saturated rings. The van der Waals surface area contributed by atoms with E-state index in [0.29, 0.717) is 29.6 Å². The summed E-state index contributed by atoms with van der Waals surface area (Å²) in [4.78, 5) is 21.2. The van der Waals surface area contributed by atoms with Gasteiger partial charge in [0.2, 0.25) is 0 Å². The van der Waals surface area contributed by atoms with Gasteiger partial charge in [-0.3, -0.25) is 4.79 Å². The van der Waals surface area contributed by atoms with Crippen molar-refractivity contribution < 1.29 is 14.3 Å². The molecule has 0 saturated carbocycles. The summed E-state index contributed by atoms with van der Waals surface area (Å²) in [6, 6.07) is 8.93. The molecule has 1 amide bonds. The molecule has 1 atom stereocenters. The minimum absolute atomic E-state index is 0.106. The molecule has 0 radical (unpaired) electrons. The van der Waals surface area contributed by atoms with E-state index in [0.717, 1.165) is 25.2 Å². The summed E-state index contributed by atoms with van der Waals surface area (Å²) in [6.07, 6.45) is 2.43. The molecule has 0 aliphatic carbocycles. The van der Waals surface area contributed by atoms with Crippen molar-refractivity contribution in [3.63, 3.8) is 0 Å². The highest BCUT2D eigenvalue weighted by molar-refractivity contribution is 6.03. The van der Waals surface area contributed by atoms with E-state index in [1.54, 1.807) is 25.1 Å². The number of ether oxygens (including phenoxy) is 2. The Labute approximate surface area is 159 Å². The fraction of sp³-hybridized carbons (Fsp3) is 0.450. The fourth-order valence-electron chi connectivity index (χ4n) is 2.88. The molecule has 2 heterocycles. The van der Waals surface area contributed by atoms with Gasteiger partial charge in [0, 0.05) is 24.9 Å². The van der Waals surface area contributed by atoms with Crippen LogP contribution >= 0.6 is 0 Å². The molecule has 144 valence electrons. The maximum absolute atomic E-state index is 12.6. The molecule has 1 aromatic heterocycles. The number of aromatic nitrogens is 2. The van der Waals surface area contributed by atoms with E-state index in [1.165, 1.54) is 0 Å². The Hall–Kier alpha value is -2.67. The number of hydrogen-bond donors (Lipinski definition) is 2. The van der Waals surface area contributed by atoms with Gasteiger partial charge >= 0.3 is 0 Å². The maximum Gasteiger partial charge on any atom is 0.274 e. The maximum atomic E-state index is 12.6. The van der Waals surface area contributed by atoms with Gasteiger partial charge in [-0.2, -0.15) is 0 Å². The molecule has 3 rings (SSSR count). The number of hydrogen-bond acceptors (Lipinski definition) is 6. The molecule has 27 heavy (non-hydrogen) atoms. The summed E-state index contributed by atoms with van der Waals surface area (Å²) in [7, 11) is 0. The second-order valence-corrected chi connectivity index (χ2v) is 6.85. The Morgan fingerprint density at radius 2 is 2.07 bits per heavy atom. The Balaban J connectivity index is 1.63. The van der Waals surface area contributed by atoms with Gasteiger partial charge in [-0.1, -0.05) is 0 Å². The SMILES string of the molecule is Cc1nc(NCC2CCCO2)cc(C(=O)Nc2ccc(OC(C)C)cc2)n1. The van der Waals surface area contributed by atoms with E-state index in [9.17, 15) is 4.79 Å². The highest BCUT2D eigenvalue weighted by Crippen LogP contribution is 2.18. The first-order valence-electron chi connectivity index (χ1n) is 9.29. The third-order valence-electron chi connectivity index (χ3n) is 4.09. The predicted molar refractivity (Wildman–Crippen MR) is 104 cm³/mol. The predicted octanol–water partition coefficient (Wildman–Crippen LogP) is 3.42. The van der Waals surface area contributed by atoms with Crippen LogP contribution in [0.25, 0.3) is 0 Å². The van der Waals surface area contributed by atoms with Crippen molar-refractivity contribution >= 4 is 17.4 Å². The lowest BCUT2D eigenvalue weighted by molar-refractivity contribution is 0.102. The number of benzene rings is 1. The molecule has 1 saturated heterocycles. The first-order valence-corrected chi connectivity index (χ1v) is 9.29. The first-order chi connectivity index (χ1) is 13.0. The lowest BCUT2D eigenvalue weighted by Crippen LogP contribution is -2.20. The van der Waals surface area contributed by atoms with E-state index < -0.39 is 0 Å². The Morgan fingerprint density at radius 1 is 1.30 bits per heavy atom. The molecule has 1 aromatic carbocycles. The number of nitrogens with one attached hydrogen (secondary N) is 2. The largest absolute Gasteiger partial charge is 0.491 e. The topological polar surface area (TPSA) is 85.4 Å². The van der Waals surface area contributed by atoms with Gasteiger partial charge in [-0.05, 0) is 57.9 Å². The third kappa shape index (κ3) is 5.65. The minimum atomic E-state index is -0.279. The molecule has 7 heteroatoms. The molecule has 1 aliphatic rings. The molecule has 1 unspecified atom stereocenters. The molecular weight excluding hydrogens is 344 g/mol. The quantitative estimate of drug-likeness (QED) is 0.777. The van der Waals surface area contributed by atoms with E-state index in [1.807, 2.05) is 26.0 Å². The summed E-state index contributed by atoms with van der Waals surface area (Å²) < 4.78 is 11.2. The van der Waals surface area contributed by atoms with Crippen molar-refractivity contribution in [2.45, 2.75) is 45.8 Å². The van der Waals surface area contributed by atoms with Crippen LogP contribution < -0.4 is 15.4 Å². The number of aryl methyl sites for hydroxylation is 1. The van der Waals surface area contributed by atoms with E-state index >= 15 is 0 Å². The van der Waals surface area contributed by atoms with Crippen molar-refractivity contribution in [2.24, 2.45) is 0 Å². The number of anilines is 2. The lowest BCUT2D eigenvalue weighted by Gasteiger charge is -2.13. The number of rotatable bonds is 7. The van der Waals surface area contributed by atoms with Crippen molar-refractivity contribution in [2.75, 3.05) is 23.8 Å². The second kappa shape index (κ2) is 8.81. The number of nitrogens with zero attached hydrogens (tertiary/aromatic N) is 2. The highest BCUT2D eigenvalue weighted by atomic mass is 16.5. The number of carbonyl (C=O) groups excluding carboxylic acids is 1. The normalized spacial score (nSPS) is 16.4. The number of carbonyl (C=O) groups is 1. The van der Waals surface area contributed by atoms with Crippen LogP contribution in [0.4, 0.5) is 11.5 Å². The van der Waals surface area contributed by atoms with Crippen LogP contribution in [0.1, 0.15) is 43.0 Å². The van der Waals surface area contributed by atoms with E-state index in [2.05, 4.69) is 20.6 Å². The van der Waals surface area contributed by atoms with Crippen LogP contribution in [0.2, 0.25) is 0 Å². The van der Waals surface area contributed by atoms with Gasteiger partial charge in [0.1, 0.15) is 23.1 Å². The van der Waals surface area contributed by atoms with Gasteiger partial charge in [0.15, 0.2) is 0 Å². The van der Waals surface area contributed by atoms with Gasteiger partial charge in [0.25, 0.3) is 5.91 Å². The molecule has 2 aromatic rings. The molecule has 1 aliphatic heterocycles. The van der Waals surface area contributed by atoms with Crippen molar-refractivity contribution in [1.29, 1.82) is 0 Å². The van der Waals surface area contributed by atoms with Gasteiger partial charge in [-0.15, -0.1) is 0 Å². The molecular formula is C20H26N4O3. The van der Waals surface area contributed by atoms with E-state index in [-0.39, 0.29) is 18.1 Å². The van der Waals surface area contributed by atoms with E-state index in [4.69, 9.17) is 9.47 Å². The Bertz CT molecular complexity index is 771. The lowest BCUT2D eigenvalue weighted by atomic mass is 10.2. The summed E-state index contributed by atoms with van der Waals surface area (Å²) >= 11 is 0. The van der Waals surface area contributed by atoms with Crippen molar-refractivity contribution in [1.82, 2.24) is 9.97 Å². The van der Waals surface area contributed by atoms with Crippen LogP contribution in [0.15, 0.2) is 30.3 Å². The summed E-state index contributed by atoms with van der Waals surface area (Å²) in [6.45, 7) is 7.19. The molecule has 2 N–H and O–H groups in total. The molecule has 0 bridgehead atoms. The van der Waals surface area contributed by atoms with Gasteiger partial charge in [-0.25, -0.2) is 9.97 Å². The van der Waals surface area contributed by atoms with Gasteiger partial charge < -0.3 is 20.1 Å². The Kier molecular flexibility index (Phi) is 6.24. The summed E-state index contributed by atoms with van der Waals surface area (Å²) in [5.74, 6) is 1.65. The molecule has 7 nitrogen and oxygen atoms in total. The van der Waals surface area contributed by atoms with Crippen LogP contribution in [0, 0.1) is 6.92 Å². The van der Waals surface area contributed by atoms with Gasteiger partial charge in [0.05, 0.1) is 12.2 Å². The zero-order valence-electron chi connectivity index (χ0n) is 16.0. The van der Waals surface area contributed by atoms with Crippen LogP contribution in [-0.4, -0.2) is 41.2 Å². The van der Waals surface area contributed by atoms with Crippen molar-refractivity contribution in [3.05, 3.63) is 41.9 Å². The van der Waals surface area contributed by atoms with Crippen LogP contribution in [0.5, 0.6) is 5.75 Å². The highest BCUT2D eigenvalue weighted by Gasteiger charge is 2.16. The number of amides is 1. The zero-order valence-corrected chi connectivity index (χ0v) is 16.0. The average molecular weight is 370 g/mol. The third-order valence-corrected chi connectivity index (χ3v) is 4.09. The average Bonchev–Trinajstić information content (AvgIpc) is 3.14. The fourth-order valence-corrected chi connectivity index (χ4v) is 2.88. The standard InChI is InChI=1S/C20H26N4O3/c1-13(2)27-16-8-6-15(7-9-16)24-20(25)18-11-19(23-14(3)22-18)21-12-17-5-4-10-26-17/h6-9,11,13,17H,4-5,10,12H2,1-3H3,(H,24,25)(H,21,22,23). The minimum Gasteiger partial charge on any atom is -0.491 e. The second-order valence-electron chi connectivity index (χ2n) is 6.85. The summed E-state index contributed by atoms with van der Waals surface area (Å²) in [5.41, 5.74) is 1.00. The zero-order chi connectivity index (χ0) is 19.2. The van der Waals surface area contributed by atoms with Crippen LogP contribution in [-0.2, 0) is 4.74 Å². The summed E-state index contributed by atoms with van der Waals surface area (Å²) in [5, 5.41) is 6.09. The first kappa shape index (κ1) is 19.1. The monoisotopic (exact) mass is 370 g/mol. The van der Waals surface area contributed by atoms with Crippen molar-refractivity contribution in [3.8, 4) is 5.75 Å². The Morgan fingerprint density at radius 3 is 2.74 bits per heavy atom. The smallest absolute Gasteiger partial charge is 0.274 e. The van der Waals surface area contributed by atoms with Crippen LogP contribution in [0.3, 0.4) is 0 Å². The molecule has 0 spiro atoms.